The lowest BCUT2D eigenvalue weighted by atomic mass is 10.1. The van der Waals surface area contributed by atoms with Crippen LogP contribution in [0.4, 0.5) is 5.69 Å². The van der Waals surface area contributed by atoms with E-state index in [1.165, 1.54) is 12.7 Å². The molecular formula is C16H17NO3. The number of carbonyl (C=O) groups is 1. The third-order valence-electron chi connectivity index (χ3n) is 2.96. The Morgan fingerprint density at radius 1 is 1.15 bits per heavy atom. The number of hydrogen-bond acceptors (Lipinski definition) is 4. The number of benzene rings is 2. The van der Waals surface area contributed by atoms with Crippen LogP contribution in [-0.4, -0.2) is 13.1 Å². The molecule has 0 spiro atoms. The van der Waals surface area contributed by atoms with E-state index >= 15 is 0 Å². The molecule has 0 atom stereocenters. The van der Waals surface area contributed by atoms with Crippen LogP contribution in [-0.2, 0) is 11.3 Å². The number of aryl methyl sites for hydroxylation is 1. The molecule has 4 nitrogen and oxygen atoms in total. The van der Waals surface area contributed by atoms with Crippen LogP contribution < -0.4 is 10.5 Å². The van der Waals surface area contributed by atoms with Gasteiger partial charge in [0.25, 0.3) is 0 Å². The number of hydrogen-bond donors (Lipinski definition) is 1. The smallest absolute Gasteiger partial charge is 0.338 e. The first kappa shape index (κ1) is 13.9. The third kappa shape index (κ3) is 3.29. The lowest BCUT2D eigenvalue weighted by molar-refractivity contribution is 0.0473. The summed E-state index contributed by atoms with van der Waals surface area (Å²) in [5.74, 6) is 0.139. The number of carbonyl (C=O) groups excluding carboxylic acids is 1. The molecule has 104 valence electrons. The Bertz CT molecular complexity index is 606. The Morgan fingerprint density at radius 3 is 2.45 bits per heavy atom. The van der Waals surface area contributed by atoms with Gasteiger partial charge in [0.1, 0.15) is 12.4 Å². The minimum atomic E-state index is -0.403. The number of nitrogens with two attached hydrogens (primary N) is 1. The van der Waals surface area contributed by atoms with Crippen LogP contribution in [0.15, 0.2) is 42.5 Å². The normalized spacial score (nSPS) is 10.1. The Balaban J connectivity index is 2.01. The molecule has 0 aliphatic carbocycles. The Morgan fingerprint density at radius 2 is 1.85 bits per heavy atom. The van der Waals surface area contributed by atoms with Crippen LogP contribution in [0.3, 0.4) is 0 Å². The summed E-state index contributed by atoms with van der Waals surface area (Å²) in [5.41, 5.74) is 8.71. The molecule has 0 amide bonds. The van der Waals surface area contributed by atoms with Crippen molar-refractivity contribution in [3.05, 3.63) is 59.2 Å². The van der Waals surface area contributed by atoms with Crippen LogP contribution in [0.2, 0.25) is 0 Å². The number of anilines is 1. The number of ether oxygens (including phenoxy) is 2. The fourth-order valence-electron chi connectivity index (χ4n) is 1.78. The quantitative estimate of drug-likeness (QED) is 0.686. The molecule has 0 bridgehead atoms. The van der Waals surface area contributed by atoms with Crippen molar-refractivity contribution in [2.75, 3.05) is 12.8 Å². The van der Waals surface area contributed by atoms with Crippen molar-refractivity contribution in [2.24, 2.45) is 0 Å². The van der Waals surface area contributed by atoms with Gasteiger partial charge in [-0.25, -0.2) is 4.79 Å². The van der Waals surface area contributed by atoms with E-state index < -0.39 is 5.97 Å². The molecule has 2 rings (SSSR count). The van der Waals surface area contributed by atoms with E-state index in [0.29, 0.717) is 17.0 Å². The van der Waals surface area contributed by atoms with Crippen LogP contribution in [0, 0.1) is 6.92 Å². The van der Waals surface area contributed by atoms with E-state index in [2.05, 4.69) is 0 Å². The molecule has 0 saturated carbocycles. The van der Waals surface area contributed by atoms with E-state index in [1.54, 1.807) is 18.2 Å². The summed E-state index contributed by atoms with van der Waals surface area (Å²) in [6.07, 6.45) is 0. The fraction of sp³-hybridized carbons (Fsp3) is 0.188. The zero-order valence-corrected chi connectivity index (χ0v) is 11.6. The minimum Gasteiger partial charge on any atom is -0.495 e. The van der Waals surface area contributed by atoms with Crippen molar-refractivity contribution < 1.29 is 14.3 Å². The Hall–Kier alpha value is -2.49. The summed E-state index contributed by atoms with van der Waals surface area (Å²) in [7, 11) is 1.53. The standard InChI is InChI=1S/C16H17NO3/c1-11-3-5-12(6-4-11)10-20-16(18)13-7-8-15(19-2)14(17)9-13/h3-9H,10,17H2,1-2H3. The summed E-state index contributed by atoms with van der Waals surface area (Å²) in [5, 5.41) is 0. The van der Waals surface area contributed by atoms with Gasteiger partial charge in [-0.05, 0) is 30.7 Å². The monoisotopic (exact) mass is 271 g/mol. The van der Waals surface area contributed by atoms with E-state index in [1.807, 2.05) is 31.2 Å². The van der Waals surface area contributed by atoms with E-state index in [4.69, 9.17) is 15.2 Å². The molecular weight excluding hydrogens is 254 g/mol. The summed E-state index contributed by atoms with van der Waals surface area (Å²) in [6, 6.07) is 12.7. The molecule has 0 radical (unpaired) electrons. The van der Waals surface area contributed by atoms with Gasteiger partial charge in [-0.2, -0.15) is 0 Å². The second-order valence-electron chi connectivity index (χ2n) is 4.52. The second kappa shape index (κ2) is 6.10. The molecule has 0 aliphatic heterocycles. The van der Waals surface area contributed by atoms with Gasteiger partial charge in [0.2, 0.25) is 0 Å². The molecule has 2 aromatic carbocycles. The molecule has 0 unspecified atom stereocenters. The first-order valence-corrected chi connectivity index (χ1v) is 6.26. The predicted octanol–water partition coefficient (Wildman–Crippen LogP) is 2.94. The summed E-state index contributed by atoms with van der Waals surface area (Å²) in [6.45, 7) is 2.25. The Kier molecular flexibility index (Phi) is 4.25. The fourth-order valence-corrected chi connectivity index (χ4v) is 1.78. The highest BCUT2D eigenvalue weighted by atomic mass is 16.5. The topological polar surface area (TPSA) is 61.5 Å². The van der Waals surface area contributed by atoms with Crippen molar-refractivity contribution in [3.63, 3.8) is 0 Å². The van der Waals surface area contributed by atoms with Crippen molar-refractivity contribution in [1.29, 1.82) is 0 Å². The van der Waals surface area contributed by atoms with Crippen molar-refractivity contribution in [2.45, 2.75) is 13.5 Å². The van der Waals surface area contributed by atoms with Crippen molar-refractivity contribution in [3.8, 4) is 5.75 Å². The molecule has 0 aromatic heterocycles. The maximum Gasteiger partial charge on any atom is 0.338 e. The van der Waals surface area contributed by atoms with Crippen LogP contribution in [0.25, 0.3) is 0 Å². The summed E-state index contributed by atoms with van der Waals surface area (Å²) >= 11 is 0. The average molecular weight is 271 g/mol. The van der Waals surface area contributed by atoms with Gasteiger partial charge in [-0.1, -0.05) is 29.8 Å². The SMILES string of the molecule is COc1ccc(C(=O)OCc2ccc(C)cc2)cc1N. The molecule has 0 heterocycles. The number of nitrogen functional groups attached to an aromatic ring is 1. The summed E-state index contributed by atoms with van der Waals surface area (Å²) < 4.78 is 10.3. The molecule has 2 N–H and O–H groups in total. The molecule has 0 aliphatic rings. The van der Waals surface area contributed by atoms with E-state index in [0.717, 1.165) is 5.56 Å². The van der Waals surface area contributed by atoms with Gasteiger partial charge in [0, 0.05) is 0 Å². The molecule has 20 heavy (non-hydrogen) atoms. The van der Waals surface area contributed by atoms with Gasteiger partial charge in [0.05, 0.1) is 18.4 Å². The third-order valence-corrected chi connectivity index (χ3v) is 2.96. The molecule has 0 saturated heterocycles. The van der Waals surface area contributed by atoms with Gasteiger partial charge >= 0.3 is 5.97 Å². The second-order valence-corrected chi connectivity index (χ2v) is 4.52. The minimum absolute atomic E-state index is 0.241. The highest BCUT2D eigenvalue weighted by molar-refractivity contribution is 5.91. The number of rotatable bonds is 4. The highest BCUT2D eigenvalue weighted by Gasteiger charge is 2.10. The van der Waals surface area contributed by atoms with E-state index in [9.17, 15) is 4.79 Å². The van der Waals surface area contributed by atoms with Crippen LogP contribution in [0.1, 0.15) is 21.5 Å². The largest absolute Gasteiger partial charge is 0.495 e. The highest BCUT2D eigenvalue weighted by Crippen LogP contribution is 2.22. The lowest BCUT2D eigenvalue weighted by Crippen LogP contribution is -2.06. The molecule has 2 aromatic rings. The zero-order chi connectivity index (χ0) is 14.5. The van der Waals surface area contributed by atoms with Gasteiger partial charge in [-0.3, -0.25) is 0 Å². The maximum atomic E-state index is 11.9. The average Bonchev–Trinajstić information content (AvgIpc) is 2.46. The van der Waals surface area contributed by atoms with Crippen molar-refractivity contribution in [1.82, 2.24) is 0 Å². The predicted molar refractivity (Wildman–Crippen MR) is 77.7 cm³/mol. The maximum absolute atomic E-state index is 11.9. The number of methoxy groups -OCH3 is 1. The van der Waals surface area contributed by atoms with E-state index in [-0.39, 0.29) is 6.61 Å². The summed E-state index contributed by atoms with van der Waals surface area (Å²) in [4.78, 5) is 11.9. The van der Waals surface area contributed by atoms with Crippen molar-refractivity contribution >= 4 is 11.7 Å². The lowest BCUT2D eigenvalue weighted by Gasteiger charge is -2.08. The van der Waals surface area contributed by atoms with Crippen LogP contribution >= 0.6 is 0 Å². The van der Waals surface area contributed by atoms with Gasteiger partial charge in [-0.15, -0.1) is 0 Å². The molecule has 0 fully saturated rings. The first-order chi connectivity index (χ1) is 9.60. The van der Waals surface area contributed by atoms with Gasteiger partial charge < -0.3 is 15.2 Å². The zero-order valence-electron chi connectivity index (χ0n) is 11.6. The number of esters is 1. The Labute approximate surface area is 118 Å². The van der Waals surface area contributed by atoms with Gasteiger partial charge in [0.15, 0.2) is 0 Å². The van der Waals surface area contributed by atoms with Crippen LogP contribution in [0.5, 0.6) is 5.75 Å². The molecule has 4 heteroatoms. The first-order valence-electron chi connectivity index (χ1n) is 6.26.